The van der Waals surface area contributed by atoms with Crippen molar-refractivity contribution in [1.82, 2.24) is 15.2 Å². The first-order chi connectivity index (χ1) is 15.9. The average molecular weight is 449 g/mol. The summed E-state index contributed by atoms with van der Waals surface area (Å²) in [5, 5.41) is 13.2. The number of nitrogens with two attached hydrogens (primary N) is 1. The topological polar surface area (TPSA) is 129 Å². The summed E-state index contributed by atoms with van der Waals surface area (Å²) < 4.78 is 0. The Morgan fingerprint density at radius 2 is 1.82 bits per heavy atom. The Labute approximate surface area is 191 Å². The molecule has 1 aliphatic rings. The SMILES string of the molecule is N[C@@H](Cc1c[nH]c2ccccc12)C(=O)N1CCC[C@H]1C(=O)N[C@@H](Cc1ccccc1)C(=O)O. The van der Waals surface area contributed by atoms with E-state index in [1.54, 1.807) is 0 Å². The van der Waals surface area contributed by atoms with Crippen molar-refractivity contribution in [3.8, 4) is 0 Å². The summed E-state index contributed by atoms with van der Waals surface area (Å²) in [5.74, 6) is -1.87. The number of carbonyl (C=O) groups is 3. The minimum absolute atomic E-state index is 0.169. The van der Waals surface area contributed by atoms with Crippen molar-refractivity contribution in [2.75, 3.05) is 6.54 Å². The maximum atomic E-state index is 13.1. The molecule has 0 unspecified atom stereocenters. The van der Waals surface area contributed by atoms with E-state index in [4.69, 9.17) is 5.73 Å². The van der Waals surface area contributed by atoms with E-state index in [0.717, 1.165) is 22.0 Å². The van der Waals surface area contributed by atoms with Crippen LogP contribution in [0.3, 0.4) is 0 Å². The van der Waals surface area contributed by atoms with Crippen molar-refractivity contribution in [3.63, 3.8) is 0 Å². The van der Waals surface area contributed by atoms with Gasteiger partial charge >= 0.3 is 5.97 Å². The molecule has 0 aliphatic carbocycles. The van der Waals surface area contributed by atoms with Crippen molar-refractivity contribution in [2.45, 2.75) is 43.8 Å². The third-order valence-electron chi connectivity index (χ3n) is 6.17. The number of aromatic amines is 1. The van der Waals surface area contributed by atoms with Crippen LogP contribution < -0.4 is 11.1 Å². The lowest BCUT2D eigenvalue weighted by Crippen LogP contribution is -2.54. The molecule has 0 spiro atoms. The molecule has 1 fully saturated rings. The van der Waals surface area contributed by atoms with Gasteiger partial charge in [0.15, 0.2) is 0 Å². The number of H-pyrrole nitrogens is 1. The number of carboxylic acids is 1. The summed E-state index contributed by atoms with van der Waals surface area (Å²) in [6, 6.07) is 14.3. The lowest BCUT2D eigenvalue weighted by atomic mass is 10.0. The van der Waals surface area contributed by atoms with Crippen LogP contribution in [-0.2, 0) is 27.2 Å². The Bertz CT molecular complexity index is 1140. The van der Waals surface area contributed by atoms with E-state index in [9.17, 15) is 19.5 Å². The highest BCUT2D eigenvalue weighted by Gasteiger charge is 2.37. The molecule has 4 rings (SSSR count). The fourth-order valence-electron chi connectivity index (χ4n) is 4.46. The Hall–Kier alpha value is -3.65. The molecule has 3 atom stereocenters. The number of amides is 2. The normalized spacial score (nSPS) is 17.6. The van der Waals surface area contributed by atoms with Gasteiger partial charge in [-0.25, -0.2) is 4.79 Å². The number of nitrogens with zero attached hydrogens (tertiary/aromatic N) is 1. The molecule has 1 saturated heterocycles. The predicted octanol–water partition coefficient (Wildman–Crippen LogP) is 1.84. The molecule has 2 amide bonds. The quantitative estimate of drug-likeness (QED) is 0.418. The number of nitrogens with one attached hydrogen (secondary N) is 2. The minimum atomic E-state index is -1.11. The Morgan fingerprint density at radius 1 is 1.09 bits per heavy atom. The van der Waals surface area contributed by atoms with Gasteiger partial charge in [-0.1, -0.05) is 48.5 Å². The standard InChI is InChI=1S/C25H28N4O4/c26-19(14-17-15-27-20-10-5-4-9-18(17)20)24(31)29-12-6-11-22(29)23(30)28-21(25(32)33)13-16-7-2-1-3-8-16/h1-5,7-10,15,19,21-22,27H,6,11-14,26H2,(H,28,30)(H,32,33)/t19-,21-,22-/m0/s1. The number of carboxylic acid groups (broad SMARTS) is 1. The summed E-state index contributed by atoms with van der Waals surface area (Å²) in [4.78, 5) is 42.5. The summed E-state index contributed by atoms with van der Waals surface area (Å²) in [6.07, 6.45) is 3.52. The molecule has 33 heavy (non-hydrogen) atoms. The van der Waals surface area contributed by atoms with Crippen LogP contribution in [0.2, 0.25) is 0 Å². The van der Waals surface area contributed by atoms with Crippen molar-refractivity contribution in [3.05, 3.63) is 71.9 Å². The van der Waals surface area contributed by atoms with Crippen LogP contribution in [0.5, 0.6) is 0 Å². The number of likely N-dealkylation sites (tertiary alicyclic amines) is 1. The summed E-state index contributed by atoms with van der Waals surface area (Å²) in [5.41, 5.74) is 8.99. The van der Waals surface area contributed by atoms with Gasteiger partial charge in [0.05, 0.1) is 6.04 Å². The number of carbonyl (C=O) groups excluding carboxylic acids is 2. The molecular weight excluding hydrogens is 420 g/mol. The first-order valence-corrected chi connectivity index (χ1v) is 11.1. The molecule has 0 radical (unpaired) electrons. The van der Waals surface area contributed by atoms with Gasteiger partial charge in [0.2, 0.25) is 11.8 Å². The van der Waals surface area contributed by atoms with Crippen molar-refractivity contribution in [1.29, 1.82) is 0 Å². The van der Waals surface area contributed by atoms with E-state index in [0.29, 0.717) is 25.8 Å². The number of aromatic nitrogens is 1. The summed E-state index contributed by atoms with van der Waals surface area (Å²) >= 11 is 0. The van der Waals surface area contributed by atoms with E-state index in [1.165, 1.54) is 4.90 Å². The van der Waals surface area contributed by atoms with Crippen LogP contribution in [0.4, 0.5) is 0 Å². The van der Waals surface area contributed by atoms with Crippen molar-refractivity contribution in [2.24, 2.45) is 5.73 Å². The molecule has 1 aromatic heterocycles. The van der Waals surface area contributed by atoms with Crippen LogP contribution in [-0.4, -0.2) is 57.4 Å². The molecule has 0 saturated carbocycles. The van der Waals surface area contributed by atoms with E-state index >= 15 is 0 Å². The van der Waals surface area contributed by atoms with Gasteiger partial charge in [0.1, 0.15) is 12.1 Å². The second kappa shape index (κ2) is 9.87. The summed E-state index contributed by atoms with van der Waals surface area (Å²) in [6.45, 7) is 0.426. The van der Waals surface area contributed by atoms with E-state index < -0.39 is 30.0 Å². The lowest BCUT2D eigenvalue weighted by molar-refractivity contribution is -0.144. The third kappa shape index (κ3) is 5.06. The number of aliphatic carboxylic acids is 1. The number of para-hydroxylation sites is 1. The lowest BCUT2D eigenvalue weighted by Gasteiger charge is -2.27. The Morgan fingerprint density at radius 3 is 2.58 bits per heavy atom. The maximum Gasteiger partial charge on any atom is 0.326 e. The van der Waals surface area contributed by atoms with E-state index in [2.05, 4.69) is 10.3 Å². The Balaban J connectivity index is 1.42. The Kier molecular flexibility index (Phi) is 6.74. The van der Waals surface area contributed by atoms with Gasteiger partial charge in [-0.3, -0.25) is 9.59 Å². The number of hydrogen-bond acceptors (Lipinski definition) is 4. The fraction of sp³-hybridized carbons (Fsp3) is 0.320. The highest BCUT2D eigenvalue weighted by Crippen LogP contribution is 2.22. The van der Waals surface area contributed by atoms with Crippen LogP contribution in [0, 0.1) is 0 Å². The van der Waals surface area contributed by atoms with Crippen LogP contribution in [0.25, 0.3) is 10.9 Å². The predicted molar refractivity (Wildman–Crippen MR) is 124 cm³/mol. The zero-order valence-electron chi connectivity index (χ0n) is 18.2. The van der Waals surface area contributed by atoms with Gasteiger partial charge in [-0.05, 0) is 36.5 Å². The number of hydrogen-bond donors (Lipinski definition) is 4. The second-order valence-electron chi connectivity index (χ2n) is 8.45. The molecular formula is C25H28N4O4. The van der Waals surface area contributed by atoms with Gasteiger partial charge in [0.25, 0.3) is 0 Å². The van der Waals surface area contributed by atoms with E-state index in [-0.39, 0.29) is 12.3 Å². The van der Waals surface area contributed by atoms with Gasteiger partial charge in [-0.15, -0.1) is 0 Å². The molecule has 8 heteroatoms. The zero-order valence-corrected chi connectivity index (χ0v) is 18.2. The fourth-order valence-corrected chi connectivity index (χ4v) is 4.46. The van der Waals surface area contributed by atoms with Gasteiger partial charge in [0, 0.05) is 30.1 Å². The zero-order chi connectivity index (χ0) is 23.4. The average Bonchev–Trinajstić information content (AvgIpc) is 3.46. The molecule has 172 valence electrons. The molecule has 2 heterocycles. The smallest absolute Gasteiger partial charge is 0.326 e. The van der Waals surface area contributed by atoms with Crippen LogP contribution >= 0.6 is 0 Å². The van der Waals surface area contributed by atoms with Crippen molar-refractivity contribution >= 4 is 28.7 Å². The third-order valence-corrected chi connectivity index (χ3v) is 6.17. The number of fused-ring (bicyclic) bond motifs is 1. The molecule has 8 nitrogen and oxygen atoms in total. The molecule has 2 aromatic carbocycles. The van der Waals surface area contributed by atoms with E-state index in [1.807, 2.05) is 60.8 Å². The molecule has 1 aliphatic heterocycles. The summed E-state index contributed by atoms with van der Waals surface area (Å²) in [7, 11) is 0. The first kappa shape index (κ1) is 22.5. The molecule has 5 N–H and O–H groups in total. The maximum absolute atomic E-state index is 13.1. The number of rotatable bonds is 8. The minimum Gasteiger partial charge on any atom is -0.480 e. The van der Waals surface area contributed by atoms with Gasteiger partial charge in [-0.2, -0.15) is 0 Å². The highest BCUT2D eigenvalue weighted by molar-refractivity contribution is 5.93. The largest absolute Gasteiger partial charge is 0.480 e. The van der Waals surface area contributed by atoms with Gasteiger partial charge < -0.3 is 26.0 Å². The van der Waals surface area contributed by atoms with Crippen LogP contribution in [0.15, 0.2) is 60.8 Å². The first-order valence-electron chi connectivity index (χ1n) is 11.1. The molecule has 3 aromatic rings. The second-order valence-corrected chi connectivity index (χ2v) is 8.45. The highest BCUT2D eigenvalue weighted by atomic mass is 16.4. The number of benzene rings is 2. The molecule has 0 bridgehead atoms. The monoisotopic (exact) mass is 448 g/mol. The van der Waals surface area contributed by atoms with Crippen molar-refractivity contribution < 1.29 is 19.5 Å². The van der Waals surface area contributed by atoms with Crippen LogP contribution in [0.1, 0.15) is 24.0 Å².